The molecule has 0 aliphatic heterocycles. The first-order chi connectivity index (χ1) is 14.8. The normalized spacial score (nSPS) is 10.4. The van der Waals surface area contributed by atoms with Gasteiger partial charge in [0.1, 0.15) is 12.1 Å². The first-order valence-corrected chi connectivity index (χ1v) is 9.84. The molecule has 0 saturated carbocycles. The molecule has 2 N–H and O–H groups in total. The van der Waals surface area contributed by atoms with Gasteiger partial charge < -0.3 is 10.6 Å². The third kappa shape index (κ3) is 5.29. The van der Waals surface area contributed by atoms with Crippen LogP contribution in [0.1, 0.15) is 12.0 Å². The second kappa shape index (κ2) is 9.47. The molecule has 0 atom stereocenters. The minimum atomic E-state index is 0.00265. The molecule has 5 nitrogen and oxygen atoms in total. The number of nitrogens with one attached hydrogen (secondary N) is 2. The Labute approximate surface area is 175 Å². The van der Waals surface area contributed by atoms with E-state index in [4.69, 9.17) is 0 Å². The van der Waals surface area contributed by atoms with Gasteiger partial charge >= 0.3 is 0 Å². The molecule has 3 aromatic carbocycles. The van der Waals surface area contributed by atoms with Crippen LogP contribution in [-0.4, -0.2) is 15.9 Å². The van der Waals surface area contributed by atoms with E-state index < -0.39 is 0 Å². The first kappa shape index (κ1) is 19.3. The summed E-state index contributed by atoms with van der Waals surface area (Å²) in [6, 6.07) is 29.5. The summed E-state index contributed by atoms with van der Waals surface area (Å²) in [5.74, 6) is 0.714. The summed E-state index contributed by atoms with van der Waals surface area (Å²) in [7, 11) is 0. The van der Waals surface area contributed by atoms with Gasteiger partial charge in [-0.15, -0.1) is 0 Å². The number of amides is 1. The number of carbonyl (C=O) groups excluding carboxylic acids is 1. The Bertz CT molecular complexity index is 1100. The van der Waals surface area contributed by atoms with Gasteiger partial charge in [-0.05, 0) is 36.2 Å². The standard InChI is InChI=1S/C25H22N4O/c30-25(16-11-19-7-3-1-4-8-19)29-22-14-12-21(13-15-22)28-24-17-23(26-18-27-24)20-9-5-2-6-10-20/h1-10,12-15,17-18H,11,16H2,(H,29,30)(H,26,27,28). The van der Waals surface area contributed by atoms with Crippen LogP contribution < -0.4 is 10.6 Å². The van der Waals surface area contributed by atoms with Gasteiger partial charge in [0.15, 0.2) is 0 Å². The van der Waals surface area contributed by atoms with Crippen molar-refractivity contribution in [2.75, 3.05) is 10.6 Å². The number of benzene rings is 3. The van der Waals surface area contributed by atoms with Crippen molar-refractivity contribution in [3.05, 3.63) is 103 Å². The monoisotopic (exact) mass is 394 g/mol. The number of hydrogen-bond donors (Lipinski definition) is 2. The van der Waals surface area contributed by atoms with Crippen molar-refractivity contribution in [2.24, 2.45) is 0 Å². The molecular weight excluding hydrogens is 372 g/mol. The Morgan fingerprint density at radius 1 is 0.767 bits per heavy atom. The van der Waals surface area contributed by atoms with Gasteiger partial charge in [0.25, 0.3) is 0 Å². The molecule has 0 radical (unpaired) electrons. The molecule has 0 unspecified atom stereocenters. The average Bonchev–Trinajstić information content (AvgIpc) is 2.80. The van der Waals surface area contributed by atoms with Crippen LogP contribution in [0.3, 0.4) is 0 Å². The lowest BCUT2D eigenvalue weighted by Gasteiger charge is -2.09. The molecule has 4 aromatic rings. The molecule has 0 spiro atoms. The van der Waals surface area contributed by atoms with Crippen LogP contribution in [-0.2, 0) is 11.2 Å². The first-order valence-electron chi connectivity index (χ1n) is 9.84. The van der Waals surface area contributed by atoms with Crippen molar-refractivity contribution in [3.63, 3.8) is 0 Å². The molecule has 0 bridgehead atoms. The molecule has 0 fully saturated rings. The predicted octanol–water partition coefficient (Wildman–Crippen LogP) is 5.46. The molecular formula is C25H22N4O. The maximum atomic E-state index is 12.2. The van der Waals surface area contributed by atoms with Gasteiger partial charge in [-0.2, -0.15) is 0 Å². The molecule has 1 amide bonds. The maximum absolute atomic E-state index is 12.2. The second-order valence-electron chi connectivity index (χ2n) is 6.89. The van der Waals surface area contributed by atoms with E-state index in [1.54, 1.807) is 6.33 Å². The highest BCUT2D eigenvalue weighted by atomic mass is 16.1. The van der Waals surface area contributed by atoms with Crippen LogP contribution in [0, 0.1) is 0 Å². The Morgan fingerprint density at radius 3 is 2.17 bits per heavy atom. The second-order valence-corrected chi connectivity index (χ2v) is 6.89. The van der Waals surface area contributed by atoms with E-state index in [2.05, 4.69) is 20.6 Å². The quantitative estimate of drug-likeness (QED) is 0.437. The molecule has 1 aromatic heterocycles. The summed E-state index contributed by atoms with van der Waals surface area (Å²) in [5.41, 5.74) is 4.71. The smallest absolute Gasteiger partial charge is 0.224 e. The summed E-state index contributed by atoms with van der Waals surface area (Å²) in [5, 5.41) is 6.22. The van der Waals surface area contributed by atoms with Crippen LogP contribution in [0.4, 0.5) is 17.2 Å². The van der Waals surface area contributed by atoms with Gasteiger partial charge in [-0.3, -0.25) is 4.79 Å². The Morgan fingerprint density at radius 2 is 1.43 bits per heavy atom. The predicted molar refractivity (Wildman–Crippen MR) is 121 cm³/mol. The minimum Gasteiger partial charge on any atom is -0.340 e. The lowest BCUT2D eigenvalue weighted by atomic mass is 10.1. The number of carbonyl (C=O) groups is 1. The molecule has 1 heterocycles. The van der Waals surface area contributed by atoms with Gasteiger partial charge in [0, 0.05) is 29.4 Å². The molecule has 148 valence electrons. The third-order valence-corrected chi connectivity index (χ3v) is 4.66. The van der Waals surface area contributed by atoms with Crippen molar-refractivity contribution in [1.82, 2.24) is 9.97 Å². The van der Waals surface area contributed by atoms with Crippen molar-refractivity contribution < 1.29 is 4.79 Å². The zero-order valence-electron chi connectivity index (χ0n) is 16.5. The number of aryl methyl sites for hydroxylation is 1. The largest absolute Gasteiger partial charge is 0.340 e. The van der Waals surface area contributed by atoms with E-state index in [-0.39, 0.29) is 5.91 Å². The van der Waals surface area contributed by atoms with Crippen molar-refractivity contribution in [3.8, 4) is 11.3 Å². The van der Waals surface area contributed by atoms with Crippen molar-refractivity contribution in [2.45, 2.75) is 12.8 Å². The number of anilines is 3. The fourth-order valence-corrected chi connectivity index (χ4v) is 3.10. The van der Waals surface area contributed by atoms with Crippen molar-refractivity contribution >= 4 is 23.1 Å². The van der Waals surface area contributed by atoms with E-state index in [1.807, 2.05) is 91.0 Å². The number of hydrogen-bond acceptors (Lipinski definition) is 4. The van der Waals surface area contributed by atoms with E-state index in [0.717, 1.165) is 34.6 Å². The molecule has 4 rings (SSSR count). The van der Waals surface area contributed by atoms with Gasteiger partial charge in [-0.1, -0.05) is 60.7 Å². The highest BCUT2D eigenvalue weighted by molar-refractivity contribution is 5.91. The van der Waals surface area contributed by atoms with Gasteiger partial charge in [-0.25, -0.2) is 9.97 Å². The molecule has 0 saturated heterocycles. The fourth-order valence-electron chi connectivity index (χ4n) is 3.10. The van der Waals surface area contributed by atoms with E-state index in [1.165, 1.54) is 0 Å². The number of rotatable bonds is 7. The minimum absolute atomic E-state index is 0.00265. The summed E-state index contributed by atoms with van der Waals surface area (Å²) in [6.45, 7) is 0. The third-order valence-electron chi connectivity index (χ3n) is 4.66. The fraction of sp³-hybridized carbons (Fsp3) is 0.0800. The molecule has 5 heteroatoms. The maximum Gasteiger partial charge on any atom is 0.224 e. The zero-order chi connectivity index (χ0) is 20.6. The Kier molecular flexibility index (Phi) is 6.11. The Hall–Kier alpha value is -3.99. The molecule has 30 heavy (non-hydrogen) atoms. The van der Waals surface area contributed by atoms with Crippen molar-refractivity contribution in [1.29, 1.82) is 0 Å². The summed E-state index contributed by atoms with van der Waals surface area (Å²) >= 11 is 0. The highest BCUT2D eigenvalue weighted by Gasteiger charge is 2.05. The van der Waals surface area contributed by atoms with Crippen LogP contribution in [0.15, 0.2) is 97.3 Å². The van der Waals surface area contributed by atoms with E-state index >= 15 is 0 Å². The highest BCUT2D eigenvalue weighted by Crippen LogP contribution is 2.22. The lowest BCUT2D eigenvalue weighted by molar-refractivity contribution is -0.116. The topological polar surface area (TPSA) is 66.9 Å². The zero-order valence-corrected chi connectivity index (χ0v) is 16.5. The van der Waals surface area contributed by atoms with Crippen LogP contribution in [0.2, 0.25) is 0 Å². The van der Waals surface area contributed by atoms with E-state index in [9.17, 15) is 4.79 Å². The van der Waals surface area contributed by atoms with Gasteiger partial charge in [0.2, 0.25) is 5.91 Å². The van der Waals surface area contributed by atoms with E-state index in [0.29, 0.717) is 12.2 Å². The summed E-state index contributed by atoms with van der Waals surface area (Å²) in [4.78, 5) is 20.8. The summed E-state index contributed by atoms with van der Waals surface area (Å²) < 4.78 is 0. The SMILES string of the molecule is O=C(CCc1ccccc1)Nc1ccc(Nc2cc(-c3ccccc3)ncn2)cc1. The lowest BCUT2D eigenvalue weighted by Crippen LogP contribution is -2.12. The van der Waals surface area contributed by atoms with Crippen LogP contribution in [0.5, 0.6) is 0 Å². The summed E-state index contributed by atoms with van der Waals surface area (Å²) in [6.07, 6.45) is 2.73. The Balaban J connectivity index is 1.34. The van der Waals surface area contributed by atoms with Crippen LogP contribution in [0.25, 0.3) is 11.3 Å². The average molecular weight is 394 g/mol. The molecule has 0 aliphatic rings. The molecule has 0 aliphatic carbocycles. The number of aromatic nitrogens is 2. The van der Waals surface area contributed by atoms with Gasteiger partial charge in [0.05, 0.1) is 5.69 Å². The van der Waals surface area contributed by atoms with Crippen LogP contribution >= 0.6 is 0 Å². The number of nitrogens with zero attached hydrogens (tertiary/aromatic N) is 2.